The van der Waals surface area contributed by atoms with Crippen LogP contribution in [0.1, 0.15) is 16.5 Å². The van der Waals surface area contributed by atoms with Crippen LogP contribution in [0.25, 0.3) is 0 Å². The number of thiophene rings is 1. The van der Waals surface area contributed by atoms with Crippen molar-refractivity contribution in [2.24, 2.45) is 0 Å². The van der Waals surface area contributed by atoms with Crippen LogP contribution in [0, 0.1) is 0 Å². The van der Waals surface area contributed by atoms with Crippen LogP contribution in [0.5, 0.6) is 0 Å². The molecule has 4 heteroatoms. The van der Waals surface area contributed by atoms with Gasteiger partial charge < -0.3 is 5.32 Å². The van der Waals surface area contributed by atoms with Gasteiger partial charge in [0.05, 0.1) is 14.9 Å². The molecule has 1 heterocycles. The third-order valence-electron chi connectivity index (χ3n) is 2.37. The Morgan fingerprint density at radius 3 is 2.50 bits per heavy atom. The van der Waals surface area contributed by atoms with Crippen LogP contribution < -0.4 is 5.32 Å². The Labute approximate surface area is 113 Å². The van der Waals surface area contributed by atoms with Gasteiger partial charge in [-0.15, -0.1) is 11.3 Å². The topological polar surface area (TPSA) is 12.0 Å². The standard InChI is InChI=1S/C12H11BrClNS/c1-15-11(8-5-3-2-4-6-8)10-7-9(14)12(13)16-10/h2-7,11,15H,1H3. The summed E-state index contributed by atoms with van der Waals surface area (Å²) in [7, 11) is 1.96. The van der Waals surface area contributed by atoms with E-state index in [2.05, 4.69) is 33.4 Å². The normalized spacial score (nSPS) is 12.7. The lowest BCUT2D eigenvalue weighted by Gasteiger charge is -2.14. The van der Waals surface area contributed by atoms with Crippen LogP contribution in [0.3, 0.4) is 0 Å². The highest BCUT2D eigenvalue weighted by Crippen LogP contribution is 2.37. The molecule has 2 aromatic rings. The number of benzene rings is 1. The molecule has 1 aromatic carbocycles. The largest absolute Gasteiger partial charge is 0.309 e. The summed E-state index contributed by atoms with van der Waals surface area (Å²) in [5.41, 5.74) is 1.25. The van der Waals surface area contributed by atoms with Crippen LogP contribution >= 0.6 is 38.9 Å². The van der Waals surface area contributed by atoms with Gasteiger partial charge in [-0.2, -0.15) is 0 Å². The Kier molecular flexibility index (Phi) is 4.03. The van der Waals surface area contributed by atoms with Gasteiger partial charge in [0.25, 0.3) is 0 Å². The number of hydrogen-bond acceptors (Lipinski definition) is 2. The van der Waals surface area contributed by atoms with E-state index < -0.39 is 0 Å². The SMILES string of the molecule is CNC(c1ccccc1)c1cc(Cl)c(Br)s1. The first-order chi connectivity index (χ1) is 7.72. The summed E-state index contributed by atoms with van der Waals surface area (Å²) < 4.78 is 0.986. The highest BCUT2D eigenvalue weighted by atomic mass is 79.9. The Hall–Kier alpha value is -0.350. The lowest BCUT2D eigenvalue weighted by Crippen LogP contribution is -2.16. The average Bonchev–Trinajstić information content (AvgIpc) is 2.61. The zero-order chi connectivity index (χ0) is 11.5. The zero-order valence-corrected chi connectivity index (χ0v) is 11.9. The fraction of sp³-hybridized carbons (Fsp3) is 0.167. The average molecular weight is 317 g/mol. The second-order valence-corrected chi connectivity index (χ2v) is 6.21. The summed E-state index contributed by atoms with van der Waals surface area (Å²) in [5, 5.41) is 4.08. The van der Waals surface area contributed by atoms with E-state index in [0.717, 1.165) is 8.81 Å². The molecular weight excluding hydrogens is 306 g/mol. The fourth-order valence-corrected chi connectivity index (χ4v) is 3.51. The van der Waals surface area contributed by atoms with Gasteiger partial charge in [-0.3, -0.25) is 0 Å². The van der Waals surface area contributed by atoms with Crippen molar-refractivity contribution in [3.05, 3.63) is 55.6 Å². The molecule has 0 saturated carbocycles. The molecule has 84 valence electrons. The molecule has 1 atom stereocenters. The molecular formula is C12H11BrClNS. The van der Waals surface area contributed by atoms with E-state index in [1.807, 2.05) is 31.3 Å². The molecule has 0 aliphatic carbocycles. The van der Waals surface area contributed by atoms with Gasteiger partial charge in [0.2, 0.25) is 0 Å². The molecule has 0 fully saturated rings. The molecule has 1 nitrogen and oxygen atoms in total. The van der Waals surface area contributed by atoms with Gasteiger partial charge in [-0.25, -0.2) is 0 Å². The molecule has 1 unspecified atom stereocenters. The van der Waals surface area contributed by atoms with Crippen LogP contribution in [-0.4, -0.2) is 7.05 Å². The lowest BCUT2D eigenvalue weighted by atomic mass is 10.1. The third kappa shape index (κ3) is 2.48. The smallest absolute Gasteiger partial charge is 0.0888 e. The molecule has 0 aliphatic heterocycles. The predicted octanol–water partition coefficient (Wildman–Crippen LogP) is 4.47. The summed E-state index contributed by atoms with van der Waals surface area (Å²) in [6.45, 7) is 0. The Morgan fingerprint density at radius 1 is 1.31 bits per heavy atom. The minimum atomic E-state index is 0.204. The summed E-state index contributed by atoms with van der Waals surface area (Å²) in [4.78, 5) is 1.21. The van der Waals surface area contributed by atoms with E-state index in [9.17, 15) is 0 Å². The van der Waals surface area contributed by atoms with E-state index >= 15 is 0 Å². The molecule has 16 heavy (non-hydrogen) atoms. The number of hydrogen-bond donors (Lipinski definition) is 1. The van der Waals surface area contributed by atoms with Crippen LogP contribution in [0.4, 0.5) is 0 Å². The predicted molar refractivity (Wildman–Crippen MR) is 74.4 cm³/mol. The molecule has 0 spiro atoms. The maximum absolute atomic E-state index is 6.05. The first kappa shape index (κ1) is 12.1. The van der Waals surface area contributed by atoms with Crippen molar-refractivity contribution in [2.75, 3.05) is 7.05 Å². The van der Waals surface area contributed by atoms with Crippen molar-refractivity contribution in [3.8, 4) is 0 Å². The highest BCUT2D eigenvalue weighted by molar-refractivity contribution is 9.11. The maximum Gasteiger partial charge on any atom is 0.0888 e. The van der Waals surface area contributed by atoms with Gasteiger partial charge in [-0.1, -0.05) is 41.9 Å². The minimum absolute atomic E-state index is 0.204. The molecule has 0 amide bonds. The third-order valence-corrected chi connectivity index (χ3v) is 4.91. The Bertz CT molecular complexity index is 450. The van der Waals surface area contributed by atoms with E-state index in [1.165, 1.54) is 10.4 Å². The highest BCUT2D eigenvalue weighted by Gasteiger charge is 2.15. The van der Waals surface area contributed by atoms with Crippen molar-refractivity contribution in [1.29, 1.82) is 0 Å². The van der Waals surface area contributed by atoms with Crippen LogP contribution in [0.2, 0.25) is 5.02 Å². The van der Waals surface area contributed by atoms with E-state index in [4.69, 9.17) is 11.6 Å². The Balaban J connectivity index is 2.37. The van der Waals surface area contributed by atoms with Gasteiger partial charge >= 0.3 is 0 Å². The van der Waals surface area contributed by atoms with Crippen molar-refractivity contribution >= 4 is 38.9 Å². The monoisotopic (exact) mass is 315 g/mol. The molecule has 1 aromatic heterocycles. The summed E-state index contributed by atoms with van der Waals surface area (Å²) >= 11 is 11.2. The molecule has 2 rings (SSSR count). The Morgan fingerprint density at radius 2 is 2.00 bits per heavy atom. The molecule has 1 N–H and O–H groups in total. The van der Waals surface area contributed by atoms with Gasteiger partial charge in [0.15, 0.2) is 0 Å². The zero-order valence-electron chi connectivity index (χ0n) is 8.71. The first-order valence-corrected chi connectivity index (χ1v) is 6.88. The van der Waals surface area contributed by atoms with E-state index in [1.54, 1.807) is 11.3 Å². The van der Waals surface area contributed by atoms with Crippen LogP contribution in [-0.2, 0) is 0 Å². The number of rotatable bonds is 3. The first-order valence-electron chi connectivity index (χ1n) is 4.89. The van der Waals surface area contributed by atoms with Gasteiger partial charge in [0, 0.05) is 4.88 Å². The summed E-state index contributed by atoms with van der Waals surface area (Å²) in [5.74, 6) is 0. The van der Waals surface area contributed by atoms with Crippen molar-refractivity contribution in [3.63, 3.8) is 0 Å². The van der Waals surface area contributed by atoms with E-state index in [-0.39, 0.29) is 6.04 Å². The molecule has 0 aliphatic rings. The second-order valence-electron chi connectivity index (χ2n) is 3.40. The summed E-state index contributed by atoms with van der Waals surface area (Å²) in [6.07, 6.45) is 0. The number of halogens is 2. The minimum Gasteiger partial charge on any atom is -0.309 e. The fourth-order valence-electron chi connectivity index (χ4n) is 1.62. The van der Waals surface area contributed by atoms with Crippen molar-refractivity contribution in [2.45, 2.75) is 6.04 Å². The lowest BCUT2D eigenvalue weighted by molar-refractivity contribution is 0.704. The van der Waals surface area contributed by atoms with Gasteiger partial charge in [0.1, 0.15) is 0 Å². The maximum atomic E-state index is 6.05. The molecule has 0 radical (unpaired) electrons. The quantitative estimate of drug-likeness (QED) is 0.881. The second kappa shape index (κ2) is 5.32. The molecule has 0 saturated heterocycles. The van der Waals surface area contributed by atoms with Crippen molar-refractivity contribution in [1.82, 2.24) is 5.32 Å². The summed E-state index contributed by atoms with van der Waals surface area (Å²) in [6, 6.07) is 12.5. The van der Waals surface area contributed by atoms with Crippen LogP contribution in [0.15, 0.2) is 40.2 Å². The van der Waals surface area contributed by atoms with Crippen molar-refractivity contribution < 1.29 is 0 Å². The number of nitrogens with one attached hydrogen (secondary N) is 1. The van der Waals surface area contributed by atoms with Gasteiger partial charge in [-0.05, 0) is 34.6 Å². The molecule has 0 bridgehead atoms. The van der Waals surface area contributed by atoms with E-state index in [0.29, 0.717) is 0 Å².